The molecule has 0 spiro atoms. The molecule has 0 aromatic carbocycles. The molecule has 2 heteroatoms. The van der Waals surface area contributed by atoms with Crippen molar-refractivity contribution in [2.24, 2.45) is 11.3 Å². The predicted molar refractivity (Wildman–Crippen MR) is 81.0 cm³/mol. The van der Waals surface area contributed by atoms with Gasteiger partial charge in [-0.2, -0.15) is 0 Å². The molecule has 1 aliphatic rings. The van der Waals surface area contributed by atoms with Crippen molar-refractivity contribution in [2.45, 2.75) is 66.3 Å². The van der Waals surface area contributed by atoms with E-state index in [0.29, 0.717) is 11.5 Å². The van der Waals surface area contributed by atoms with Crippen molar-refractivity contribution in [3.63, 3.8) is 0 Å². The minimum atomic E-state index is 0.355. The summed E-state index contributed by atoms with van der Waals surface area (Å²) in [6.07, 6.45) is 5.40. The largest absolute Gasteiger partial charge is 0.312 e. The van der Waals surface area contributed by atoms with Crippen LogP contribution in [0.15, 0.2) is 0 Å². The summed E-state index contributed by atoms with van der Waals surface area (Å²) in [4.78, 5) is 2.69. The molecule has 0 aromatic heterocycles. The molecule has 1 fully saturated rings. The van der Waals surface area contributed by atoms with Crippen LogP contribution in [0, 0.1) is 11.3 Å². The summed E-state index contributed by atoms with van der Waals surface area (Å²) in [6.45, 7) is 16.7. The maximum Gasteiger partial charge on any atom is 0.0243 e. The van der Waals surface area contributed by atoms with Crippen LogP contribution in [0.2, 0.25) is 0 Å². The zero-order chi connectivity index (χ0) is 13.6. The molecule has 108 valence electrons. The zero-order valence-corrected chi connectivity index (χ0v) is 13.3. The lowest BCUT2D eigenvalue weighted by Gasteiger charge is -2.39. The Morgan fingerprint density at radius 3 is 2.56 bits per heavy atom. The molecule has 1 heterocycles. The van der Waals surface area contributed by atoms with E-state index in [1.165, 1.54) is 45.3 Å². The van der Waals surface area contributed by atoms with Crippen molar-refractivity contribution in [2.75, 3.05) is 26.2 Å². The van der Waals surface area contributed by atoms with Crippen molar-refractivity contribution in [1.29, 1.82) is 0 Å². The lowest BCUT2D eigenvalue weighted by Crippen LogP contribution is -2.50. The molecule has 1 rings (SSSR count). The van der Waals surface area contributed by atoms with Crippen LogP contribution in [0.25, 0.3) is 0 Å². The monoisotopic (exact) mass is 254 g/mol. The van der Waals surface area contributed by atoms with E-state index < -0.39 is 0 Å². The minimum Gasteiger partial charge on any atom is -0.312 e. The molecule has 2 atom stereocenters. The minimum absolute atomic E-state index is 0.355. The first-order valence-corrected chi connectivity index (χ1v) is 7.93. The summed E-state index contributed by atoms with van der Waals surface area (Å²) in [6, 6.07) is 0.619. The molecular weight excluding hydrogens is 220 g/mol. The van der Waals surface area contributed by atoms with Crippen LogP contribution >= 0.6 is 0 Å². The molecule has 0 bridgehead atoms. The number of rotatable bonds is 6. The summed E-state index contributed by atoms with van der Waals surface area (Å²) < 4.78 is 0. The van der Waals surface area contributed by atoms with Gasteiger partial charge in [0.2, 0.25) is 0 Å². The predicted octanol–water partition coefficient (Wildman–Crippen LogP) is 3.52. The molecule has 0 aromatic rings. The van der Waals surface area contributed by atoms with Crippen molar-refractivity contribution < 1.29 is 0 Å². The average molecular weight is 254 g/mol. The van der Waals surface area contributed by atoms with E-state index in [0.717, 1.165) is 12.5 Å². The Balaban J connectivity index is 2.48. The third kappa shape index (κ3) is 5.27. The first kappa shape index (κ1) is 16.0. The van der Waals surface area contributed by atoms with E-state index in [1.54, 1.807) is 0 Å². The van der Waals surface area contributed by atoms with Gasteiger partial charge in [-0.25, -0.2) is 0 Å². The van der Waals surface area contributed by atoms with Crippen LogP contribution in [-0.4, -0.2) is 37.1 Å². The average Bonchev–Trinajstić information content (AvgIpc) is 2.33. The summed E-state index contributed by atoms with van der Waals surface area (Å²) >= 11 is 0. The van der Waals surface area contributed by atoms with Gasteiger partial charge < -0.3 is 10.2 Å². The van der Waals surface area contributed by atoms with E-state index >= 15 is 0 Å². The highest BCUT2D eigenvalue weighted by Gasteiger charge is 2.28. The molecule has 0 aliphatic carbocycles. The van der Waals surface area contributed by atoms with Crippen LogP contribution in [0.4, 0.5) is 0 Å². The first-order chi connectivity index (χ1) is 8.47. The van der Waals surface area contributed by atoms with Gasteiger partial charge in [0, 0.05) is 19.1 Å². The topological polar surface area (TPSA) is 15.3 Å². The molecule has 18 heavy (non-hydrogen) atoms. The van der Waals surface area contributed by atoms with Gasteiger partial charge in [-0.05, 0) is 43.7 Å². The highest BCUT2D eigenvalue weighted by Crippen LogP contribution is 2.24. The van der Waals surface area contributed by atoms with Gasteiger partial charge in [0.25, 0.3) is 0 Å². The van der Waals surface area contributed by atoms with Crippen LogP contribution in [0.5, 0.6) is 0 Å². The lowest BCUT2D eigenvalue weighted by atomic mass is 9.85. The quantitative estimate of drug-likeness (QED) is 0.780. The maximum atomic E-state index is 3.75. The Bertz CT molecular complexity index is 220. The number of hydrogen-bond acceptors (Lipinski definition) is 2. The molecular formula is C16H34N2. The second-order valence-electron chi connectivity index (χ2n) is 7.05. The Morgan fingerprint density at radius 1 is 1.28 bits per heavy atom. The molecule has 1 N–H and O–H groups in total. The van der Waals surface area contributed by atoms with Gasteiger partial charge in [0.1, 0.15) is 0 Å². The molecule has 1 saturated heterocycles. The van der Waals surface area contributed by atoms with Crippen molar-refractivity contribution >= 4 is 0 Å². The highest BCUT2D eigenvalue weighted by molar-refractivity contribution is 4.85. The van der Waals surface area contributed by atoms with Gasteiger partial charge >= 0.3 is 0 Å². The Kier molecular flexibility index (Phi) is 6.65. The summed E-state index contributed by atoms with van der Waals surface area (Å²) in [5, 5.41) is 3.75. The fourth-order valence-corrected chi connectivity index (χ4v) is 2.87. The first-order valence-electron chi connectivity index (χ1n) is 7.93. The van der Waals surface area contributed by atoms with Crippen molar-refractivity contribution in [3.8, 4) is 0 Å². The van der Waals surface area contributed by atoms with Crippen molar-refractivity contribution in [3.05, 3.63) is 0 Å². The van der Waals surface area contributed by atoms with Gasteiger partial charge in [-0.3, -0.25) is 0 Å². The van der Waals surface area contributed by atoms with Gasteiger partial charge in [0.15, 0.2) is 0 Å². The van der Waals surface area contributed by atoms with E-state index in [4.69, 9.17) is 0 Å². The lowest BCUT2D eigenvalue weighted by molar-refractivity contribution is 0.124. The normalized spacial score (nSPS) is 24.2. The van der Waals surface area contributed by atoms with Crippen LogP contribution < -0.4 is 5.32 Å². The van der Waals surface area contributed by atoms with Crippen molar-refractivity contribution in [1.82, 2.24) is 10.2 Å². The third-order valence-corrected chi connectivity index (χ3v) is 4.31. The van der Waals surface area contributed by atoms with E-state index in [2.05, 4.69) is 44.8 Å². The summed E-state index contributed by atoms with van der Waals surface area (Å²) in [7, 11) is 0. The number of nitrogens with zero attached hydrogens (tertiary/aromatic N) is 1. The second-order valence-corrected chi connectivity index (χ2v) is 7.05. The van der Waals surface area contributed by atoms with E-state index in [1.807, 2.05) is 0 Å². The van der Waals surface area contributed by atoms with E-state index in [9.17, 15) is 0 Å². The number of piperidine rings is 1. The molecule has 0 radical (unpaired) electrons. The second kappa shape index (κ2) is 7.49. The number of likely N-dealkylation sites (tertiary alicyclic amines) is 1. The Morgan fingerprint density at radius 2 is 2.00 bits per heavy atom. The smallest absolute Gasteiger partial charge is 0.0243 e. The van der Waals surface area contributed by atoms with E-state index in [-0.39, 0.29) is 0 Å². The number of nitrogens with one attached hydrogen (secondary N) is 1. The molecule has 1 aliphatic heterocycles. The summed E-state index contributed by atoms with van der Waals surface area (Å²) in [5.74, 6) is 0.936. The zero-order valence-electron chi connectivity index (χ0n) is 13.3. The Labute approximate surface area is 115 Å². The summed E-state index contributed by atoms with van der Waals surface area (Å²) in [5.41, 5.74) is 0.355. The van der Waals surface area contributed by atoms with Crippen LogP contribution in [0.1, 0.15) is 60.3 Å². The molecule has 2 unspecified atom stereocenters. The fourth-order valence-electron chi connectivity index (χ4n) is 2.87. The third-order valence-electron chi connectivity index (χ3n) is 4.31. The Hall–Kier alpha value is -0.0800. The number of hydrogen-bond donors (Lipinski definition) is 1. The van der Waals surface area contributed by atoms with Gasteiger partial charge in [0.05, 0.1) is 0 Å². The highest BCUT2D eigenvalue weighted by atomic mass is 15.2. The SMILES string of the molecule is CCCNC(CN1CCCC(CC)C1)C(C)(C)C. The van der Waals surface area contributed by atoms with Gasteiger partial charge in [-0.15, -0.1) is 0 Å². The molecule has 2 nitrogen and oxygen atoms in total. The fraction of sp³-hybridized carbons (Fsp3) is 1.00. The van der Waals surface area contributed by atoms with Gasteiger partial charge in [-0.1, -0.05) is 41.0 Å². The maximum absolute atomic E-state index is 3.75. The standard InChI is InChI=1S/C16H34N2/c1-6-10-17-15(16(3,4)5)13-18-11-8-9-14(7-2)12-18/h14-15,17H,6-13H2,1-5H3. The van der Waals surface area contributed by atoms with Crippen LogP contribution in [-0.2, 0) is 0 Å². The molecule has 0 saturated carbocycles. The molecule has 0 amide bonds. The van der Waals surface area contributed by atoms with Crippen LogP contribution in [0.3, 0.4) is 0 Å².